The fourth-order valence-electron chi connectivity index (χ4n) is 1.64. The van der Waals surface area contributed by atoms with E-state index in [9.17, 15) is 0 Å². The quantitative estimate of drug-likeness (QED) is 0.561. The van der Waals surface area contributed by atoms with Gasteiger partial charge in [-0.05, 0) is 38.4 Å². The predicted octanol–water partition coefficient (Wildman–Crippen LogP) is 3.70. The lowest BCUT2D eigenvalue weighted by atomic mass is 10.0. The minimum atomic E-state index is -1.36. The van der Waals surface area contributed by atoms with Crippen LogP contribution in [0.2, 0.25) is 19.6 Å². The molecule has 0 radical (unpaired) electrons. The molecule has 1 rings (SSSR count). The molecule has 3 nitrogen and oxygen atoms in total. The second-order valence-corrected chi connectivity index (χ2v) is 11.9. The summed E-state index contributed by atoms with van der Waals surface area (Å²) in [6, 6.07) is 0. The Labute approximate surface area is 95.9 Å². The highest BCUT2D eigenvalue weighted by Crippen LogP contribution is 2.37. The predicted molar refractivity (Wildman–Crippen MR) is 69.7 cm³/mol. The lowest BCUT2D eigenvalue weighted by Crippen LogP contribution is -2.28. The van der Waals surface area contributed by atoms with Crippen molar-refractivity contribution in [2.75, 3.05) is 20.2 Å². The molecule has 0 amide bonds. The maximum Gasteiger partial charge on any atom is 0.466 e. The van der Waals surface area contributed by atoms with Gasteiger partial charge in [-0.1, -0.05) is 11.6 Å². The Kier molecular flexibility index (Phi) is 4.91. The molecule has 0 aromatic rings. The van der Waals surface area contributed by atoms with Gasteiger partial charge in [-0.3, -0.25) is 0 Å². The lowest BCUT2D eigenvalue weighted by Gasteiger charge is -2.22. The summed E-state index contributed by atoms with van der Waals surface area (Å²) in [4.78, 5) is 0. The van der Waals surface area contributed by atoms with Gasteiger partial charge >= 0.3 is 8.09 Å². The summed E-state index contributed by atoms with van der Waals surface area (Å²) in [7, 11) is -0.220. The van der Waals surface area contributed by atoms with Gasteiger partial charge < -0.3 is 0 Å². The summed E-state index contributed by atoms with van der Waals surface area (Å²) in [6.07, 6.45) is 2.59. The molecule has 0 saturated carbocycles. The van der Waals surface area contributed by atoms with E-state index in [0.29, 0.717) is 0 Å². The topological polar surface area (TPSA) is 24.8 Å². The monoisotopic (exact) mass is 247 g/mol. The van der Waals surface area contributed by atoms with E-state index in [-0.39, 0.29) is 0 Å². The van der Waals surface area contributed by atoms with Crippen molar-refractivity contribution in [1.82, 2.24) is 4.67 Å². The van der Waals surface area contributed by atoms with Gasteiger partial charge in [0, 0.05) is 13.1 Å². The smallest absolute Gasteiger partial charge is 0.149 e. The van der Waals surface area contributed by atoms with E-state index in [1.165, 1.54) is 12.8 Å². The van der Waals surface area contributed by atoms with E-state index in [2.05, 4.69) is 31.2 Å². The van der Waals surface area contributed by atoms with Gasteiger partial charge in [-0.2, -0.15) is 0 Å². The van der Waals surface area contributed by atoms with Gasteiger partial charge in [-0.15, -0.1) is 8.93 Å². The van der Waals surface area contributed by atoms with Crippen LogP contribution in [0.25, 0.3) is 0 Å². The Morgan fingerprint density at radius 1 is 1.27 bits per heavy atom. The summed E-state index contributed by atoms with van der Waals surface area (Å²) in [5.41, 5.74) is 0. The Balaban J connectivity index is 2.63. The molecule has 15 heavy (non-hydrogen) atoms. The SMILES string of the molecule is CO[P+](=N[Si](C)(C)C)N1CCC(C)CC1. The van der Waals surface area contributed by atoms with Crippen LogP contribution in [0.15, 0.2) is 4.41 Å². The number of hydrogen-bond donors (Lipinski definition) is 0. The molecule has 88 valence electrons. The zero-order valence-corrected chi connectivity index (χ0v) is 12.6. The standard InChI is InChI=1S/C10H24N2OPSi/c1-10-6-8-12(9-7-10)14(13-2)11-15(3,4)5/h10H,6-9H2,1-5H3/q+1. The molecule has 0 N–H and O–H groups in total. The Morgan fingerprint density at radius 2 is 1.80 bits per heavy atom. The van der Waals surface area contributed by atoms with Crippen molar-refractivity contribution in [3.05, 3.63) is 0 Å². The number of piperidine rings is 1. The molecular weight excluding hydrogens is 223 g/mol. The first kappa shape index (κ1) is 13.3. The second-order valence-electron chi connectivity index (χ2n) is 5.34. The molecule has 5 heteroatoms. The minimum Gasteiger partial charge on any atom is -0.149 e. The first-order valence-electron chi connectivity index (χ1n) is 5.74. The van der Waals surface area contributed by atoms with Crippen molar-refractivity contribution in [1.29, 1.82) is 0 Å². The number of nitrogens with zero attached hydrogens (tertiary/aromatic N) is 2. The molecule has 0 bridgehead atoms. The molecule has 1 saturated heterocycles. The Bertz CT molecular complexity index is 232. The molecule has 1 fully saturated rings. The first-order chi connectivity index (χ1) is 6.92. The largest absolute Gasteiger partial charge is 0.466 e. The van der Waals surface area contributed by atoms with Crippen LogP contribution in [0, 0.1) is 5.92 Å². The van der Waals surface area contributed by atoms with Crippen LogP contribution in [-0.4, -0.2) is 33.1 Å². The summed E-state index contributed by atoms with van der Waals surface area (Å²) in [6.45, 7) is 11.5. The summed E-state index contributed by atoms with van der Waals surface area (Å²) >= 11 is 0. The molecule has 1 aliphatic heterocycles. The second kappa shape index (κ2) is 5.53. The van der Waals surface area contributed by atoms with Crippen LogP contribution in [-0.2, 0) is 4.52 Å². The van der Waals surface area contributed by atoms with Crippen molar-refractivity contribution in [2.24, 2.45) is 10.3 Å². The van der Waals surface area contributed by atoms with Crippen LogP contribution in [0.5, 0.6) is 0 Å². The third-order valence-electron chi connectivity index (χ3n) is 2.55. The van der Waals surface area contributed by atoms with Gasteiger partial charge in [0.15, 0.2) is 0 Å². The highest BCUT2D eigenvalue weighted by molar-refractivity contribution is 7.41. The van der Waals surface area contributed by atoms with Crippen LogP contribution in [0.3, 0.4) is 0 Å². The van der Waals surface area contributed by atoms with Crippen molar-refractivity contribution in [3.8, 4) is 0 Å². The molecule has 0 spiro atoms. The average Bonchev–Trinajstić information content (AvgIpc) is 2.14. The molecule has 0 aromatic carbocycles. The Hall–Kier alpha value is 0.237. The third kappa shape index (κ3) is 4.73. The van der Waals surface area contributed by atoms with Crippen molar-refractivity contribution >= 4 is 16.3 Å². The van der Waals surface area contributed by atoms with Gasteiger partial charge in [0.05, 0.1) is 7.11 Å². The normalized spacial score (nSPS) is 22.1. The van der Waals surface area contributed by atoms with E-state index >= 15 is 0 Å². The van der Waals surface area contributed by atoms with E-state index in [0.717, 1.165) is 19.0 Å². The highest BCUT2D eigenvalue weighted by Gasteiger charge is 2.32. The van der Waals surface area contributed by atoms with E-state index in [1.807, 2.05) is 0 Å². The third-order valence-corrected chi connectivity index (χ3v) is 6.85. The van der Waals surface area contributed by atoms with Crippen LogP contribution in [0.1, 0.15) is 19.8 Å². The zero-order valence-electron chi connectivity index (χ0n) is 10.7. The maximum atomic E-state index is 5.56. The van der Waals surface area contributed by atoms with Gasteiger partial charge in [0.1, 0.15) is 0 Å². The van der Waals surface area contributed by atoms with E-state index in [4.69, 9.17) is 8.93 Å². The fraction of sp³-hybridized carbons (Fsp3) is 1.00. The molecule has 1 heterocycles. The molecule has 0 aliphatic carbocycles. The van der Waals surface area contributed by atoms with Crippen LogP contribution >= 0.6 is 8.09 Å². The van der Waals surface area contributed by atoms with E-state index < -0.39 is 16.3 Å². The first-order valence-corrected chi connectivity index (χ1v) is 10.4. The van der Waals surface area contributed by atoms with E-state index in [1.54, 1.807) is 7.11 Å². The summed E-state index contributed by atoms with van der Waals surface area (Å²) in [5.74, 6) is 0.877. The molecule has 1 atom stereocenters. The molecular formula is C10H24N2OPSi+. The van der Waals surface area contributed by atoms with Crippen LogP contribution in [0.4, 0.5) is 0 Å². The fourth-order valence-corrected chi connectivity index (χ4v) is 5.33. The minimum absolute atomic E-state index is 0.664. The van der Waals surface area contributed by atoms with Crippen molar-refractivity contribution < 1.29 is 4.52 Å². The van der Waals surface area contributed by atoms with Gasteiger partial charge in [-0.25, -0.2) is 0 Å². The number of hydrogen-bond acceptors (Lipinski definition) is 2. The van der Waals surface area contributed by atoms with Crippen molar-refractivity contribution in [3.63, 3.8) is 0 Å². The zero-order chi connectivity index (χ0) is 11.5. The van der Waals surface area contributed by atoms with Gasteiger partial charge in [0.25, 0.3) is 0 Å². The molecule has 1 aliphatic rings. The Morgan fingerprint density at radius 3 is 2.20 bits per heavy atom. The van der Waals surface area contributed by atoms with Gasteiger partial charge in [0.2, 0.25) is 8.24 Å². The summed E-state index contributed by atoms with van der Waals surface area (Å²) < 4.78 is 12.9. The van der Waals surface area contributed by atoms with Crippen molar-refractivity contribution in [2.45, 2.75) is 39.4 Å². The number of rotatable bonds is 3. The average molecular weight is 247 g/mol. The maximum absolute atomic E-state index is 5.56. The lowest BCUT2D eigenvalue weighted by molar-refractivity contribution is 0.277. The highest BCUT2D eigenvalue weighted by atomic mass is 31.1. The molecule has 0 aromatic heterocycles. The van der Waals surface area contributed by atoms with Crippen LogP contribution < -0.4 is 0 Å². The summed E-state index contributed by atoms with van der Waals surface area (Å²) in [5, 5.41) is 0. The molecule has 1 unspecified atom stereocenters.